The van der Waals surface area contributed by atoms with Gasteiger partial charge in [0.05, 0.1) is 39.6 Å². The average Bonchev–Trinajstić information content (AvgIpc) is 0.761. The van der Waals surface area contributed by atoms with E-state index in [1.807, 2.05) is 0 Å². The van der Waals surface area contributed by atoms with Crippen LogP contribution in [0.2, 0.25) is 0 Å². The first-order valence-electron chi connectivity index (χ1n) is 41.4. The van der Waals surface area contributed by atoms with Crippen LogP contribution in [0.15, 0.2) is 0 Å². The number of unbranched alkanes of at least 4 members (excludes halogenated alkanes) is 28. The number of hydrogen-bond donors (Lipinski definition) is 21. The van der Waals surface area contributed by atoms with Gasteiger partial charge in [-0.15, -0.1) is 0 Å². The molecule has 0 radical (unpaired) electrons. The van der Waals surface area contributed by atoms with Gasteiger partial charge in [-0.2, -0.15) is 0 Å². The Morgan fingerprint density at radius 3 is 0.904 bits per heavy atom. The van der Waals surface area contributed by atoms with E-state index >= 15 is 0 Å². The number of esters is 2. The topological polar surface area (TPSA) is 605 Å². The van der Waals surface area contributed by atoms with Gasteiger partial charge in [0.1, 0.15) is 165 Å². The van der Waals surface area contributed by atoms with Crippen LogP contribution >= 0.6 is 7.82 Å². The van der Waals surface area contributed by atoms with Crippen molar-refractivity contribution < 1.29 is 187 Å². The first-order valence-corrected chi connectivity index (χ1v) is 42.9. The summed E-state index contributed by atoms with van der Waals surface area (Å²) in [6.07, 6.45) is -34.0. The summed E-state index contributed by atoms with van der Waals surface area (Å²) in [5, 5.41) is 217. The summed E-state index contributed by atoms with van der Waals surface area (Å²) < 4.78 is 93.0. The van der Waals surface area contributed by atoms with E-state index in [0.29, 0.717) is 19.3 Å². The molecule has 6 rings (SSSR count). The monoisotopic (exact) mass is 1680 g/mol. The third-order valence-electron chi connectivity index (χ3n) is 22.0. The van der Waals surface area contributed by atoms with Crippen LogP contribution in [-0.2, 0) is 80.0 Å². The predicted molar refractivity (Wildman–Crippen MR) is 394 cm³/mol. The largest absolute Gasteiger partial charge is 0.472 e. The van der Waals surface area contributed by atoms with Crippen molar-refractivity contribution in [3.8, 4) is 0 Å². The molecule has 14 unspecified atom stereocenters. The fraction of sp³-hybridized carbons (Fsp3) is 0.973. The van der Waals surface area contributed by atoms with Gasteiger partial charge >= 0.3 is 19.8 Å². The molecular formula is C75H137O38P. The van der Waals surface area contributed by atoms with Crippen LogP contribution in [0.25, 0.3) is 0 Å². The summed E-state index contributed by atoms with van der Waals surface area (Å²) in [6, 6.07) is 0. The van der Waals surface area contributed by atoms with Gasteiger partial charge < -0.3 is 164 Å². The second kappa shape index (κ2) is 53.0. The summed E-state index contributed by atoms with van der Waals surface area (Å²) in [6.45, 7) is -1.86. The molecule has 21 N–H and O–H groups in total. The van der Waals surface area contributed by atoms with Gasteiger partial charge in [-0.3, -0.25) is 18.6 Å². The number of aliphatic hydroxyl groups is 20. The molecule has 114 heavy (non-hydrogen) atoms. The Morgan fingerprint density at radius 2 is 0.579 bits per heavy atom. The van der Waals surface area contributed by atoms with E-state index in [-0.39, 0.29) is 12.8 Å². The van der Waals surface area contributed by atoms with Crippen molar-refractivity contribution in [2.75, 3.05) is 46.2 Å². The number of carbonyl (C=O) groups excluding carboxylic acids is 2. The summed E-state index contributed by atoms with van der Waals surface area (Å²) in [7, 11) is -5.86. The van der Waals surface area contributed by atoms with Crippen molar-refractivity contribution in [3.05, 3.63) is 0 Å². The number of phosphoric acid groups is 1. The summed E-state index contributed by atoms with van der Waals surface area (Å²) in [4.78, 5) is 38.4. The molecule has 0 aromatic carbocycles. The average molecular weight is 1680 g/mol. The highest BCUT2D eigenvalue weighted by molar-refractivity contribution is 7.47. The molecule has 6 aliphatic rings. The summed E-state index contributed by atoms with van der Waals surface area (Å²) in [5.41, 5.74) is 0. The first kappa shape index (κ1) is 101. The van der Waals surface area contributed by atoms with Crippen LogP contribution in [-0.4, -0.2) is 361 Å². The Bertz CT molecular complexity index is 2630. The van der Waals surface area contributed by atoms with Crippen LogP contribution in [0.1, 0.15) is 219 Å². The zero-order valence-electron chi connectivity index (χ0n) is 65.8. The van der Waals surface area contributed by atoms with E-state index in [9.17, 15) is 121 Å². The molecule has 1 aliphatic carbocycles. The van der Waals surface area contributed by atoms with Crippen molar-refractivity contribution in [1.29, 1.82) is 0 Å². The molecular weight excluding hydrogens is 1540 g/mol. The maximum Gasteiger partial charge on any atom is 0.472 e. The van der Waals surface area contributed by atoms with Crippen LogP contribution in [0.3, 0.4) is 0 Å². The van der Waals surface area contributed by atoms with E-state index in [1.165, 1.54) is 109 Å². The third kappa shape index (κ3) is 31.6. The van der Waals surface area contributed by atoms with Crippen molar-refractivity contribution in [2.45, 2.75) is 416 Å². The van der Waals surface area contributed by atoms with Crippen molar-refractivity contribution in [2.24, 2.45) is 0 Å². The van der Waals surface area contributed by atoms with E-state index in [1.54, 1.807) is 0 Å². The minimum atomic E-state index is -5.86. The number of carbonyl (C=O) groups is 2. The number of phosphoric ester groups is 1. The van der Waals surface area contributed by atoms with Gasteiger partial charge in [0, 0.05) is 12.8 Å². The van der Waals surface area contributed by atoms with E-state index in [0.717, 1.165) is 64.2 Å². The minimum Gasteiger partial charge on any atom is -0.462 e. The highest BCUT2D eigenvalue weighted by atomic mass is 31.2. The van der Waals surface area contributed by atoms with Crippen LogP contribution in [0, 0.1) is 0 Å². The predicted octanol–water partition coefficient (Wildman–Crippen LogP) is -1.59. The lowest BCUT2D eigenvalue weighted by Gasteiger charge is -2.49. The van der Waals surface area contributed by atoms with E-state index in [4.69, 9.17) is 65.9 Å². The maximum atomic E-state index is 14.5. The van der Waals surface area contributed by atoms with Gasteiger partial charge in [0.2, 0.25) is 0 Å². The molecule has 0 aromatic rings. The Kier molecular flexibility index (Phi) is 46.8. The van der Waals surface area contributed by atoms with E-state index < -0.39 is 262 Å². The van der Waals surface area contributed by atoms with Crippen molar-refractivity contribution in [3.63, 3.8) is 0 Å². The van der Waals surface area contributed by atoms with Gasteiger partial charge in [-0.1, -0.05) is 194 Å². The summed E-state index contributed by atoms with van der Waals surface area (Å²) in [5.74, 6) is -1.47. The zero-order chi connectivity index (χ0) is 83.6. The van der Waals surface area contributed by atoms with Gasteiger partial charge in [-0.05, 0) is 12.8 Å². The lowest BCUT2D eigenvalue weighted by molar-refractivity contribution is -0.365. The molecule has 0 bridgehead atoms. The van der Waals surface area contributed by atoms with Gasteiger partial charge in [0.15, 0.2) is 37.6 Å². The molecule has 0 spiro atoms. The number of hydrogen-bond acceptors (Lipinski definition) is 37. The second-order valence-corrected chi connectivity index (χ2v) is 32.5. The smallest absolute Gasteiger partial charge is 0.462 e. The Balaban J connectivity index is 1.12. The number of rotatable bonds is 55. The standard InChI is InChI=1S/C75H137O38P/c1-3-5-7-9-11-13-15-17-19-21-23-25-27-29-31-33-48(78)100-37-42(105-49(79)34-32-30-28-26-24-22-20-18-16-14-12-10-8-6-4-2)38-104-114(98,99)113-70-68(111-74-66(96)56(86)51(81)44(36-77)107-74)61(91)60(90)62(92)69(70)112-75-67(97)59(89)54(84)47(110-75)41-103-73-65(95)58(88)53(83)46(109-73)40-102-72-64(94)57(87)52(82)45(108-72)39-101-71-63(93)55(85)50(80)43(35-76)106-71/h42-47,50-77,80-97H,3-41H2,1-2H3,(H,98,99)/t42-,43?,44?,45?,46?,47?,50+,51-,52+,53+,54+,55?,56?,57?,58?,59?,60+,61?,62?,63+,64+,65+,66-,67+,68-,69?,70+,71-,72-,73-,74-,75+/m1/s1. The Hall–Kier alpha value is -2.15. The lowest BCUT2D eigenvalue weighted by Crippen LogP contribution is -2.69. The molecule has 0 amide bonds. The second-order valence-electron chi connectivity index (χ2n) is 31.1. The van der Waals surface area contributed by atoms with E-state index in [2.05, 4.69) is 13.8 Å². The Labute approximate surface area is 666 Å². The molecule has 5 aliphatic heterocycles. The zero-order valence-corrected chi connectivity index (χ0v) is 66.7. The highest BCUT2D eigenvalue weighted by Crippen LogP contribution is 2.49. The molecule has 39 heteroatoms. The molecule has 1 saturated carbocycles. The van der Waals surface area contributed by atoms with Crippen molar-refractivity contribution >= 4 is 19.8 Å². The molecule has 670 valence electrons. The first-order chi connectivity index (χ1) is 54.5. The maximum absolute atomic E-state index is 14.5. The van der Waals surface area contributed by atoms with Crippen LogP contribution in [0.4, 0.5) is 0 Å². The lowest BCUT2D eigenvalue weighted by atomic mass is 9.84. The number of aliphatic hydroxyl groups excluding tert-OH is 20. The van der Waals surface area contributed by atoms with Crippen LogP contribution in [0.5, 0.6) is 0 Å². The van der Waals surface area contributed by atoms with Gasteiger partial charge in [-0.25, -0.2) is 4.57 Å². The molecule has 5 saturated heterocycles. The normalized spacial score (nSPS) is 37.7. The SMILES string of the molecule is CCCCCCCCCCCCCCCCCC(=O)OC[C@H](COP(=O)(O)O[C@@H]1C(O[C@@H]2OC(CO[C@@H]3OC(CO[C@@H]4OC(CO[C@@H]5OC(CO)[C@H](O)C(O)[C@@H]5O)[C@H](O)C(O)[C@@H]4O)[C@H](O)C(O)[C@@H]3O)[C@H](O)C(O)[C@@H]2O)C(O)[C@@H](O)C(O)[C@H]1O[C@H]1OC(CO)[C@@H](O)C(O)[C@H]1O)OC(=O)CCCCCCCCCCCCCCCCC. The highest BCUT2D eigenvalue weighted by Gasteiger charge is 2.59. The number of ether oxygens (including phenoxy) is 12. The van der Waals surface area contributed by atoms with Crippen LogP contribution < -0.4 is 0 Å². The summed E-state index contributed by atoms with van der Waals surface area (Å²) >= 11 is 0. The minimum absolute atomic E-state index is 0.0145. The quantitative estimate of drug-likeness (QED) is 0.0185. The van der Waals surface area contributed by atoms with Crippen molar-refractivity contribution in [1.82, 2.24) is 0 Å². The molecule has 38 nitrogen and oxygen atoms in total. The third-order valence-corrected chi connectivity index (χ3v) is 22.9. The Morgan fingerprint density at radius 1 is 0.316 bits per heavy atom. The molecule has 0 aromatic heterocycles. The fourth-order valence-electron chi connectivity index (χ4n) is 14.7. The molecule has 6 fully saturated rings. The molecule has 5 heterocycles. The van der Waals surface area contributed by atoms with Gasteiger partial charge in [0.25, 0.3) is 0 Å². The molecule has 33 atom stereocenters. The fourth-order valence-corrected chi connectivity index (χ4v) is 15.6.